The van der Waals surface area contributed by atoms with Crippen molar-refractivity contribution in [1.82, 2.24) is 0 Å². The largest absolute Gasteiger partial charge is 0.508 e. The van der Waals surface area contributed by atoms with Crippen LogP contribution in [0.2, 0.25) is 0 Å². The number of rotatable bonds is 2. The Labute approximate surface area is 74.3 Å². The normalized spacial score (nSPS) is 12.5. The van der Waals surface area contributed by atoms with E-state index < -0.39 is 12.5 Å². The van der Waals surface area contributed by atoms with E-state index in [-0.39, 0.29) is 11.3 Å². The molecule has 0 saturated heterocycles. The van der Waals surface area contributed by atoms with Crippen molar-refractivity contribution < 1.29 is 13.9 Å². The number of phenols is 1. The monoisotopic (exact) mass is 183 g/mol. The average molecular weight is 183 g/mol. The molecule has 1 aromatic rings. The van der Waals surface area contributed by atoms with Gasteiger partial charge in [0.05, 0.1) is 0 Å². The van der Waals surface area contributed by atoms with Crippen LogP contribution >= 0.6 is 0 Å². The van der Waals surface area contributed by atoms with Gasteiger partial charge in [-0.1, -0.05) is 0 Å². The molecule has 1 N–H and O–H groups in total. The quantitative estimate of drug-likeness (QED) is 0.700. The molecule has 0 heterocycles. The van der Waals surface area contributed by atoms with E-state index in [1.54, 1.807) is 0 Å². The zero-order valence-electron chi connectivity index (χ0n) is 6.61. The third-order valence-electron chi connectivity index (χ3n) is 1.61. The highest BCUT2D eigenvalue weighted by atomic mass is 19.3. The summed E-state index contributed by atoms with van der Waals surface area (Å²) >= 11 is 0. The lowest BCUT2D eigenvalue weighted by atomic mass is 10.1. The standard InChI is InChI=1S/C9H7F2NO/c1-12-8(9(10)11)6-2-4-7(13)5-3-6/h2-5,8-9,13H. The minimum atomic E-state index is -2.69. The molecule has 13 heavy (non-hydrogen) atoms. The number of hydrogen-bond acceptors (Lipinski definition) is 1. The van der Waals surface area contributed by atoms with Gasteiger partial charge in [0, 0.05) is 5.56 Å². The van der Waals surface area contributed by atoms with Crippen molar-refractivity contribution in [3.63, 3.8) is 0 Å². The van der Waals surface area contributed by atoms with Crippen molar-refractivity contribution in [1.29, 1.82) is 0 Å². The summed E-state index contributed by atoms with van der Waals surface area (Å²) in [4.78, 5) is 2.81. The number of aromatic hydroxyl groups is 1. The van der Waals surface area contributed by atoms with Crippen LogP contribution in [0.3, 0.4) is 0 Å². The topological polar surface area (TPSA) is 24.6 Å². The molecule has 4 heteroatoms. The molecule has 1 atom stereocenters. The summed E-state index contributed by atoms with van der Waals surface area (Å²) in [5.41, 5.74) is 0.225. The maximum absolute atomic E-state index is 12.2. The first-order valence-corrected chi connectivity index (χ1v) is 3.59. The molecule has 2 nitrogen and oxygen atoms in total. The number of hydrogen-bond donors (Lipinski definition) is 1. The first-order valence-electron chi connectivity index (χ1n) is 3.59. The van der Waals surface area contributed by atoms with Crippen LogP contribution in [0.5, 0.6) is 5.75 Å². The summed E-state index contributed by atoms with van der Waals surface area (Å²) in [6, 6.07) is 3.79. The maximum Gasteiger partial charge on any atom is 0.316 e. The second-order valence-corrected chi connectivity index (χ2v) is 2.50. The lowest BCUT2D eigenvalue weighted by molar-refractivity contribution is 0.130. The van der Waals surface area contributed by atoms with Crippen molar-refractivity contribution in [3.05, 3.63) is 41.2 Å². The number of halogens is 2. The van der Waals surface area contributed by atoms with Gasteiger partial charge in [0.1, 0.15) is 5.75 Å². The van der Waals surface area contributed by atoms with Crippen LogP contribution in [-0.2, 0) is 0 Å². The van der Waals surface area contributed by atoms with Gasteiger partial charge in [-0.3, -0.25) is 0 Å². The van der Waals surface area contributed by atoms with E-state index in [1.165, 1.54) is 24.3 Å². The summed E-state index contributed by atoms with van der Waals surface area (Å²) in [6.45, 7) is 6.56. The SMILES string of the molecule is [C-]#[N+]C(c1ccc(O)cc1)C(F)F. The predicted octanol–water partition coefficient (Wildman–Crippen LogP) is 2.62. The Morgan fingerprint density at radius 3 is 2.15 bits per heavy atom. The van der Waals surface area contributed by atoms with Crippen LogP contribution in [0.15, 0.2) is 24.3 Å². The summed E-state index contributed by atoms with van der Waals surface area (Å²) in [5.74, 6) is 0.00162. The Bertz CT molecular complexity index is 315. The number of benzene rings is 1. The Morgan fingerprint density at radius 1 is 1.23 bits per heavy atom. The fourth-order valence-corrected chi connectivity index (χ4v) is 0.948. The summed E-state index contributed by atoms with van der Waals surface area (Å²) in [6.07, 6.45) is -2.69. The van der Waals surface area contributed by atoms with Crippen LogP contribution in [0, 0.1) is 6.57 Å². The predicted molar refractivity (Wildman–Crippen MR) is 43.5 cm³/mol. The molecule has 0 aliphatic heterocycles. The molecule has 0 aliphatic carbocycles. The molecule has 0 fully saturated rings. The van der Waals surface area contributed by atoms with E-state index in [0.717, 1.165) is 0 Å². The molecular formula is C9H7F2NO. The fraction of sp³-hybridized carbons (Fsp3) is 0.222. The highest BCUT2D eigenvalue weighted by Gasteiger charge is 2.27. The highest BCUT2D eigenvalue weighted by Crippen LogP contribution is 2.25. The number of nitrogens with zero attached hydrogens (tertiary/aromatic N) is 1. The fourth-order valence-electron chi connectivity index (χ4n) is 0.948. The van der Waals surface area contributed by atoms with Gasteiger partial charge >= 0.3 is 12.5 Å². The van der Waals surface area contributed by atoms with Gasteiger partial charge in [-0.05, 0) is 24.3 Å². The van der Waals surface area contributed by atoms with Crippen LogP contribution in [-0.4, -0.2) is 11.5 Å². The van der Waals surface area contributed by atoms with E-state index >= 15 is 0 Å². The second kappa shape index (κ2) is 3.85. The van der Waals surface area contributed by atoms with E-state index in [1.807, 2.05) is 0 Å². The van der Waals surface area contributed by atoms with E-state index in [9.17, 15) is 8.78 Å². The first kappa shape index (κ1) is 9.46. The Hall–Kier alpha value is -1.63. The minimum absolute atomic E-state index is 0.00162. The smallest absolute Gasteiger partial charge is 0.316 e. The summed E-state index contributed by atoms with van der Waals surface area (Å²) in [7, 11) is 0. The number of phenolic OH excluding ortho intramolecular Hbond substituents is 1. The summed E-state index contributed by atoms with van der Waals surface area (Å²) < 4.78 is 24.4. The van der Waals surface area contributed by atoms with Crippen molar-refractivity contribution in [2.75, 3.05) is 0 Å². The lowest BCUT2D eigenvalue weighted by Gasteiger charge is -2.03. The highest BCUT2D eigenvalue weighted by molar-refractivity contribution is 5.29. The molecule has 0 amide bonds. The van der Waals surface area contributed by atoms with E-state index in [0.29, 0.717) is 0 Å². The van der Waals surface area contributed by atoms with Gasteiger partial charge in [-0.25, -0.2) is 15.4 Å². The zero-order chi connectivity index (χ0) is 9.84. The van der Waals surface area contributed by atoms with Crippen molar-refractivity contribution in [3.8, 4) is 5.75 Å². The van der Waals surface area contributed by atoms with Crippen LogP contribution in [0.1, 0.15) is 11.6 Å². The summed E-state index contributed by atoms with van der Waals surface area (Å²) in [5, 5.41) is 8.88. The number of alkyl halides is 2. The molecular weight excluding hydrogens is 176 g/mol. The molecule has 0 aromatic heterocycles. The lowest BCUT2D eigenvalue weighted by Crippen LogP contribution is -2.03. The van der Waals surface area contributed by atoms with E-state index in [2.05, 4.69) is 4.85 Å². The molecule has 0 saturated carbocycles. The third kappa shape index (κ3) is 2.15. The van der Waals surface area contributed by atoms with Gasteiger partial charge in [0.2, 0.25) is 0 Å². The van der Waals surface area contributed by atoms with Gasteiger partial charge in [-0.2, -0.15) is 0 Å². The Balaban J connectivity index is 2.94. The average Bonchev–Trinajstić information content (AvgIpc) is 2.09. The van der Waals surface area contributed by atoms with E-state index in [4.69, 9.17) is 11.7 Å². The van der Waals surface area contributed by atoms with Crippen molar-refractivity contribution in [2.45, 2.75) is 12.5 Å². The van der Waals surface area contributed by atoms with Crippen LogP contribution in [0.4, 0.5) is 8.78 Å². The molecule has 0 bridgehead atoms. The van der Waals surface area contributed by atoms with Crippen LogP contribution < -0.4 is 0 Å². The molecule has 68 valence electrons. The van der Waals surface area contributed by atoms with Crippen LogP contribution in [0.25, 0.3) is 4.85 Å². The minimum Gasteiger partial charge on any atom is -0.508 e. The Kier molecular flexibility index (Phi) is 2.80. The zero-order valence-corrected chi connectivity index (χ0v) is 6.61. The van der Waals surface area contributed by atoms with Crippen molar-refractivity contribution >= 4 is 0 Å². The second-order valence-electron chi connectivity index (χ2n) is 2.50. The molecule has 1 aromatic carbocycles. The third-order valence-corrected chi connectivity index (χ3v) is 1.61. The first-order chi connectivity index (χ1) is 6.15. The molecule has 1 rings (SSSR count). The molecule has 1 unspecified atom stereocenters. The van der Waals surface area contributed by atoms with Gasteiger partial charge < -0.3 is 9.95 Å². The van der Waals surface area contributed by atoms with Crippen molar-refractivity contribution in [2.24, 2.45) is 0 Å². The molecule has 0 spiro atoms. The maximum atomic E-state index is 12.2. The van der Waals surface area contributed by atoms with Gasteiger partial charge in [0.15, 0.2) is 0 Å². The molecule has 0 radical (unpaired) electrons. The van der Waals surface area contributed by atoms with Gasteiger partial charge in [-0.15, -0.1) is 0 Å². The van der Waals surface area contributed by atoms with Gasteiger partial charge in [0.25, 0.3) is 0 Å². The molecule has 0 aliphatic rings. The Morgan fingerprint density at radius 2 is 1.77 bits per heavy atom.